The van der Waals surface area contributed by atoms with Gasteiger partial charge in [0.25, 0.3) is 0 Å². The smallest absolute Gasteiger partial charge is 0.223 e. The van der Waals surface area contributed by atoms with Gasteiger partial charge in [-0.15, -0.1) is 0 Å². The fraction of sp³-hybridized carbons (Fsp3) is 0.385. The Bertz CT molecular complexity index is 541. The Morgan fingerprint density at radius 2 is 1.94 bits per heavy atom. The number of benzene rings is 1. The SMILES string of the molecule is Cc1nc(-c2c(F)cccc2C(C)(C)C)no1. The summed E-state index contributed by atoms with van der Waals surface area (Å²) in [5.41, 5.74) is 1.13. The lowest BCUT2D eigenvalue weighted by Crippen LogP contribution is -2.14. The summed E-state index contributed by atoms with van der Waals surface area (Å²) >= 11 is 0. The predicted octanol–water partition coefficient (Wildman–Crippen LogP) is 3.48. The molecule has 17 heavy (non-hydrogen) atoms. The Hall–Kier alpha value is -1.71. The van der Waals surface area contributed by atoms with Crippen LogP contribution in [0.5, 0.6) is 0 Å². The number of hydrogen-bond acceptors (Lipinski definition) is 3. The van der Waals surface area contributed by atoms with Crippen molar-refractivity contribution >= 4 is 0 Å². The average Bonchev–Trinajstić information content (AvgIpc) is 2.63. The Balaban J connectivity index is 2.67. The molecule has 0 unspecified atom stereocenters. The van der Waals surface area contributed by atoms with E-state index in [-0.39, 0.29) is 11.2 Å². The summed E-state index contributed by atoms with van der Waals surface area (Å²) < 4.78 is 18.9. The van der Waals surface area contributed by atoms with E-state index in [0.717, 1.165) is 5.56 Å². The lowest BCUT2D eigenvalue weighted by molar-refractivity contribution is 0.394. The standard InChI is InChI=1S/C13H15FN2O/c1-8-15-12(16-17-8)11-9(13(2,3)4)6-5-7-10(11)14/h5-7H,1-4H3. The molecule has 0 fully saturated rings. The van der Waals surface area contributed by atoms with Crippen LogP contribution in [0.2, 0.25) is 0 Å². The summed E-state index contributed by atoms with van der Waals surface area (Å²) in [6.45, 7) is 7.77. The number of aromatic nitrogens is 2. The molecule has 0 saturated carbocycles. The van der Waals surface area contributed by atoms with Crippen LogP contribution in [0.3, 0.4) is 0 Å². The summed E-state index contributed by atoms with van der Waals surface area (Å²) in [6.07, 6.45) is 0. The Kier molecular flexibility index (Phi) is 2.73. The van der Waals surface area contributed by atoms with Crippen molar-refractivity contribution in [2.75, 3.05) is 0 Å². The number of nitrogens with zero attached hydrogens (tertiary/aromatic N) is 2. The Morgan fingerprint density at radius 3 is 2.47 bits per heavy atom. The van der Waals surface area contributed by atoms with Gasteiger partial charge in [0, 0.05) is 6.92 Å². The molecule has 0 radical (unpaired) electrons. The minimum atomic E-state index is -0.321. The fourth-order valence-corrected chi connectivity index (χ4v) is 1.78. The molecule has 1 heterocycles. The molecule has 0 saturated heterocycles. The fourth-order valence-electron chi connectivity index (χ4n) is 1.78. The summed E-state index contributed by atoms with van der Waals surface area (Å²) in [6, 6.07) is 5.01. The first-order valence-corrected chi connectivity index (χ1v) is 5.49. The summed E-state index contributed by atoms with van der Waals surface area (Å²) in [5.74, 6) is 0.423. The molecular formula is C13H15FN2O. The van der Waals surface area contributed by atoms with Gasteiger partial charge in [0.1, 0.15) is 5.82 Å². The molecule has 2 aromatic rings. The molecule has 0 aliphatic carbocycles. The van der Waals surface area contributed by atoms with E-state index in [0.29, 0.717) is 17.3 Å². The third-order valence-electron chi connectivity index (χ3n) is 2.57. The maximum atomic E-state index is 14.0. The number of hydrogen-bond donors (Lipinski definition) is 0. The van der Waals surface area contributed by atoms with E-state index in [1.54, 1.807) is 13.0 Å². The molecule has 2 rings (SSSR count). The molecule has 4 heteroatoms. The van der Waals surface area contributed by atoms with Crippen LogP contribution in [0, 0.1) is 12.7 Å². The highest BCUT2D eigenvalue weighted by Gasteiger charge is 2.23. The van der Waals surface area contributed by atoms with E-state index < -0.39 is 0 Å². The first-order chi connectivity index (χ1) is 7.89. The normalized spacial score (nSPS) is 11.8. The van der Waals surface area contributed by atoms with E-state index in [1.807, 2.05) is 26.8 Å². The van der Waals surface area contributed by atoms with E-state index in [2.05, 4.69) is 10.1 Å². The van der Waals surface area contributed by atoms with Crippen molar-refractivity contribution in [2.45, 2.75) is 33.1 Å². The molecule has 90 valence electrons. The highest BCUT2D eigenvalue weighted by Crippen LogP contribution is 2.33. The third-order valence-corrected chi connectivity index (χ3v) is 2.57. The number of halogens is 1. The van der Waals surface area contributed by atoms with Gasteiger partial charge in [0.05, 0.1) is 5.56 Å². The topological polar surface area (TPSA) is 38.9 Å². The van der Waals surface area contributed by atoms with E-state index in [1.165, 1.54) is 6.07 Å². The summed E-state index contributed by atoms with van der Waals surface area (Å²) in [4.78, 5) is 4.10. The van der Waals surface area contributed by atoms with Crippen molar-refractivity contribution in [3.05, 3.63) is 35.5 Å². The van der Waals surface area contributed by atoms with Crippen LogP contribution in [0.25, 0.3) is 11.4 Å². The first-order valence-electron chi connectivity index (χ1n) is 5.49. The second-order valence-corrected chi connectivity index (χ2v) is 5.05. The molecule has 0 spiro atoms. The number of rotatable bonds is 1. The van der Waals surface area contributed by atoms with Gasteiger partial charge in [0.2, 0.25) is 11.7 Å². The monoisotopic (exact) mass is 234 g/mol. The van der Waals surface area contributed by atoms with Crippen molar-refractivity contribution in [3.8, 4) is 11.4 Å². The van der Waals surface area contributed by atoms with Gasteiger partial charge in [0.15, 0.2) is 0 Å². The van der Waals surface area contributed by atoms with Crippen LogP contribution < -0.4 is 0 Å². The molecule has 3 nitrogen and oxygen atoms in total. The van der Waals surface area contributed by atoms with E-state index in [9.17, 15) is 4.39 Å². The van der Waals surface area contributed by atoms with E-state index >= 15 is 0 Å². The third kappa shape index (κ3) is 2.20. The van der Waals surface area contributed by atoms with Crippen LogP contribution in [0.15, 0.2) is 22.7 Å². The van der Waals surface area contributed by atoms with Gasteiger partial charge in [-0.2, -0.15) is 4.98 Å². The molecule has 0 atom stereocenters. The zero-order chi connectivity index (χ0) is 12.6. The zero-order valence-corrected chi connectivity index (χ0v) is 10.4. The molecule has 1 aromatic heterocycles. The minimum Gasteiger partial charge on any atom is -0.339 e. The summed E-state index contributed by atoms with van der Waals surface area (Å²) in [5, 5.41) is 3.79. The van der Waals surface area contributed by atoms with Crippen LogP contribution >= 0.6 is 0 Å². The maximum absolute atomic E-state index is 14.0. The van der Waals surface area contributed by atoms with Gasteiger partial charge in [-0.25, -0.2) is 4.39 Å². The Morgan fingerprint density at radius 1 is 1.24 bits per heavy atom. The molecule has 0 amide bonds. The van der Waals surface area contributed by atoms with Gasteiger partial charge in [-0.3, -0.25) is 0 Å². The summed E-state index contributed by atoms with van der Waals surface area (Å²) in [7, 11) is 0. The lowest BCUT2D eigenvalue weighted by Gasteiger charge is -2.21. The van der Waals surface area contributed by atoms with Crippen LogP contribution in [-0.4, -0.2) is 10.1 Å². The molecule has 0 N–H and O–H groups in total. The maximum Gasteiger partial charge on any atom is 0.223 e. The minimum absolute atomic E-state index is 0.175. The highest BCUT2D eigenvalue weighted by atomic mass is 19.1. The molecule has 1 aromatic carbocycles. The van der Waals surface area contributed by atoms with Gasteiger partial charge in [-0.1, -0.05) is 38.1 Å². The van der Waals surface area contributed by atoms with Crippen molar-refractivity contribution in [1.29, 1.82) is 0 Å². The quantitative estimate of drug-likeness (QED) is 0.758. The van der Waals surface area contributed by atoms with Gasteiger partial charge >= 0.3 is 0 Å². The van der Waals surface area contributed by atoms with Gasteiger partial charge < -0.3 is 4.52 Å². The Labute approximate surface area is 99.7 Å². The van der Waals surface area contributed by atoms with Gasteiger partial charge in [-0.05, 0) is 17.0 Å². The molecular weight excluding hydrogens is 219 g/mol. The second-order valence-electron chi connectivity index (χ2n) is 5.05. The average molecular weight is 234 g/mol. The van der Waals surface area contributed by atoms with Crippen LogP contribution in [-0.2, 0) is 5.41 Å². The molecule has 0 aliphatic heterocycles. The highest BCUT2D eigenvalue weighted by molar-refractivity contribution is 5.62. The van der Waals surface area contributed by atoms with Crippen molar-refractivity contribution < 1.29 is 8.91 Å². The van der Waals surface area contributed by atoms with E-state index in [4.69, 9.17) is 4.52 Å². The van der Waals surface area contributed by atoms with Crippen molar-refractivity contribution in [3.63, 3.8) is 0 Å². The lowest BCUT2D eigenvalue weighted by atomic mass is 9.83. The molecule has 0 aliphatic rings. The molecule has 0 bridgehead atoms. The first kappa shape index (κ1) is 11.8. The predicted molar refractivity (Wildman–Crippen MR) is 63.1 cm³/mol. The zero-order valence-electron chi connectivity index (χ0n) is 10.4. The van der Waals surface area contributed by atoms with Crippen LogP contribution in [0.1, 0.15) is 32.2 Å². The number of aryl methyl sites for hydroxylation is 1. The largest absolute Gasteiger partial charge is 0.339 e. The second kappa shape index (κ2) is 3.95. The van der Waals surface area contributed by atoms with Crippen molar-refractivity contribution in [1.82, 2.24) is 10.1 Å². The van der Waals surface area contributed by atoms with Crippen molar-refractivity contribution in [2.24, 2.45) is 0 Å². The van der Waals surface area contributed by atoms with Crippen LogP contribution in [0.4, 0.5) is 4.39 Å².